The first-order chi connectivity index (χ1) is 15.4. The Hall–Kier alpha value is -4.05. The molecular formula is C22H18N4O5S. The number of benzene rings is 2. The number of aromatic nitrogens is 1. The molecule has 162 valence electrons. The van der Waals surface area contributed by atoms with Gasteiger partial charge in [0.25, 0.3) is 11.8 Å². The Labute approximate surface area is 186 Å². The van der Waals surface area contributed by atoms with Crippen molar-refractivity contribution in [3.63, 3.8) is 0 Å². The van der Waals surface area contributed by atoms with Crippen molar-refractivity contribution in [1.82, 2.24) is 20.7 Å². The fraction of sp³-hybridized carbons (Fsp3) is 0.136. The number of ether oxygens (including phenoxy) is 1. The Balaban J connectivity index is 1.32. The number of hydrogen-bond acceptors (Lipinski definition) is 7. The molecule has 1 aromatic heterocycles. The largest absolute Gasteiger partial charge is 0.452 e. The van der Waals surface area contributed by atoms with Gasteiger partial charge in [-0.15, -0.1) is 11.3 Å². The molecule has 4 amide bonds. The van der Waals surface area contributed by atoms with Crippen molar-refractivity contribution in [2.75, 3.05) is 6.61 Å². The number of para-hydroxylation sites is 1. The summed E-state index contributed by atoms with van der Waals surface area (Å²) in [5, 5.41) is 3.77. The number of thiazole rings is 1. The normalized spacial score (nSPS) is 18.2. The molecule has 10 heteroatoms. The topological polar surface area (TPSA) is 118 Å². The van der Waals surface area contributed by atoms with Gasteiger partial charge in [0.2, 0.25) is 0 Å². The van der Waals surface area contributed by atoms with Gasteiger partial charge in [0, 0.05) is 6.08 Å². The Morgan fingerprint density at radius 1 is 1.16 bits per heavy atom. The molecule has 0 aliphatic carbocycles. The number of imide groups is 1. The fourth-order valence-electron chi connectivity index (χ4n) is 3.15. The molecule has 3 aromatic rings. The van der Waals surface area contributed by atoms with Gasteiger partial charge in [-0.3, -0.25) is 15.0 Å². The zero-order chi connectivity index (χ0) is 22.7. The number of amides is 4. The molecule has 1 aliphatic rings. The van der Waals surface area contributed by atoms with Crippen LogP contribution in [0, 0.1) is 0 Å². The third-order valence-corrected chi connectivity index (χ3v) is 5.80. The number of rotatable bonds is 6. The van der Waals surface area contributed by atoms with E-state index in [0.29, 0.717) is 15.6 Å². The van der Waals surface area contributed by atoms with E-state index in [2.05, 4.69) is 15.7 Å². The molecule has 1 aliphatic heterocycles. The number of fused-ring (bicyclic) bond motifs is 1. The number of carbonyl (C=O) groups is 4. The van der Waals surface area contributed by atoms with E-state index >= 15 is 0 Å². The molecule has 0 unspecified atom stereocenters. The fourth-order valence-corrected chi connectivity index (χ4v) is 4.02. The average molecular weight is 450 g/mol. The van der Waals surface area contributed by atoms with E-state index < -0.39 is 36.0 Å². The maximum Gasteiger partial charge on any atom is 0.344 e. The zero-order valence-corrected chi connectivity index (χ0v) is 17.7. The highest BCUT2D eigenvalue weighted by Gasteiger charge is 2.49. The molecule has 1 saturated heterocycles. The molecule has 2 aromatic carbocycles. The minimum absolute atomic E-state index is 0.571. The van der Waals surface area contributed by atoms with Crippen LogP contribution in [0.25, 0.3) is 16.3 Å². The molecule has 4 rings (SSSR count). The van der Waals surface area contributed by atoms with Gasteiger partial charge >= 0.3 is 12.0 Å². The highest BCUT2D eigenvalue weighted by atomic mass is 32.1. The minimum Gasteiger partial charge on any atom is -0.452 e. The molecular weight excluding hydrogens is 432 g/mol. The summed E-state index contributed by atoms with van der Waals surface area (Å²) in [6.45, 7) is 0.879. The standard InChI is InChI=1S/C22H18N4O5S/c1-22(14-7-3-2-4-8-14)20(29)26(21(30)24-22)25-17(27)13-31-19(28)12-11-18-23-15-9-5-6-10-16(15)32-18/h2-12H,13H2,1H3,(H,24,30)(H,25,27)/b12-11+/t22-/m1/s1. The Morgan fingerprint density at radius 3 is 2.62 bits per heavy atom. The summed E-state index contributed by atoms with van der Waals surface area (Å²) in [6, 6.07) is 15.4. The number of urea groups is 1. The number of nitrogens with zero attached hydrogens (tertiary/aromatic N) is 2. The van der Waals surface area contributed by atoms with Gasteiger partial charge in [-0.1, -0.05) is 42.5 Å². The van der Waals surface area contributed by atoms with Crippen LogP contribution in [-0.2, 0) is 24.7 Å². The predicted octanol–water partition coefficient (Wildman–Crippen LogP) is 2.35. The van der Waals surface area contributed by atoms with Crippen LogP contribution in [-0.4, -0.2) is 40.4 Å². The first-order valence-corrected chi connectivity index (χ1v) is 10.4. The van der Waals surface area contributed by atoms with Crippen LogP contribution in [0.15, 0.2) is 60.7 Å². The zero-order valence-electron chi connectivity index (χ0n) is 16.9. The molecule has 0 saturated carbocycles. The Morgan fingerprint density at radius 2 is 1.88 bits per heavy atom. The third kappa shape index (κ3) is 4.21. The van der Waals surface area contributed by atoms with Gasteiger partial charge < -0.3 is 10.1 Å². The number of carbonyl (C=O) groups excluding carboxylic acids is 4. The lowest BCUT2D eigenvalue weighted by atomic mass is 9.92. The SMILES string of the molecule is C[C@]1(c2ccccc2)NC(=O)N(NC(=O)COC(=O)/C=C/c2nc3ccccc3s2)C1=O. The summed E-state index contributed by atoms with van der Waals surface area (Å²) in [5.41, 5.74) is 2.25. The van der Waals surface area contributed by atoms with Crippen LogP contribution in [0.5, 0.6) is 0 Å². The van der Waals surface area contributed by atoms with Crippen molar-refractivity contribution in [1.29, 1.82) is 0 Å². The van der Waals surface area contributed by atoms with E-state index in [1.165, 1.54) is 17.4 Å². The molecule has 2 heterocycles. The summed E-state index contributed by atoms with van der Waals surface area (Å²) in [5.74, 6) is -2.23. The maximum absolute atomic E-state index is 12.7. The van der Waals surface area contributed by atoms with E-state index in [1.54, 1.807) is 37.3 Å². The summed E-state index contributed by atoms with van der Waals surface area (Å²) in [4.78, 5) is 53.4. The number of hydrogen-bond donors (Lipinski definition) is 2. The second-order valence-corrected chi connectivity index (χ2v) is 8.12. The second kappa shape index (κ2) is 8.60. The first kappa shape index (κ1) is 21.2. The average Bonchev–Trinajstić information content (AvgIpc) is 3.31. The van der Waals surface area contributed by atoms with Crippen molar-refractivity contribution in [3.05, 3.63) is 71.2 Å². The van der Waals surface area contributed by atoms with Crippen LogP contribution in [0.1, 0.15) is 17.5 Å². The minimum atomic E-state index is -1.32. The van der Waals surface area contributed by atoms with E-state index in [9.17, 15) is 19.2 Å². The Bertz CT molecular complexity index is 1210. The predicted molar refractivity (Wildman–Crippen MR) is 117 cm³/mol. The molecule has 2 N–H and O–H groups in total. The summed E-state index contributed by atoms with van der Waals surface area (Å²) >= 11 is 1.41. The number of esters is 1. The quantitative estimate of drug-likeness (QED) is 0.338. The molecule has 1 atom stereocenters. The molecule has 32 heavy (non-hydrogen) atoms. The molecule has 0 spiro atoms. The van der Waals surface area contributed by atoms with Crippen molar-refractivity contribution < 1.29 is 23.9 Å². The van der Waals surface area contributed by atoms with E-state index in [0.717, 1.165) is 16.3 Å². The van der Waals surface area contributed by atoms with Crippen LogP contribution >= 0.6 is 11.3 Å². The molecule has 0 radical (unpaired) electrons. The first-order valence-electron chi connectivity index (χ1n) is 9.59. The van der Waals surface area contributed by atoms with Gasteiger partial charge in [-0.05, 0) is 30.7 Å². The highest BCUT2D eigenvalue weighted by molar-refractivity contribution is 7.19. The lowest BCUT2D eigenvalue weighted by molar-refractivity contribution is -0.147. The highest BCUT2D eigenvalue weighted by Crippen LogP contribution is 2.27. The maximum atomic E-state index is 12.7. The van der Waals surface area contributed by atoms with Crippen LogP contribution in [0.2, 0.25) is 0 Å². The number of hydrazine groups is 1. The summed E-state index contributed by atoms with van der Waals surface area (Å²) in [6.07, 6.45) is 2.65. The second-order valence-electron chi connectivity index (χ2n) is 7.06. The molecule has 9 nitrogen and oxygen atoms in total. The summed E-state index contributed by atoms with van der Waals surface area (Å²) < 4.78 is 5.87. The lowest BCUT2D eigenvalue weighted by Crippen LogP contribution is -2.49. The van der Waals surface area contributed by atoms with Gasteiger partial charge in [0.15, 0.2) is 6.61 Å². The van der Waals surface area contributed by atoms with Gasteiger partial charge in [-0.2, -0.15) is 5.01 Å². The smallest absolute Gasteiger partial charge is 0.344 e. The van der Waals surface area contributed by atoms with Gasteiger partial charge in [-0.25, -0.2) is 14.6 Å². The van der Waals surface area contributed by atoms with Crippen molar-refractivity contribution in [3.8, 4) is 0 Å². The van der Waals surface area contributed by atoms with Crippen LogP contribution in [0.4, 0.5) is 4.79 Å². The lowest BCUT2D eigenvalue weighted by Gasteiger charge is -2.22. The van der Waals surface area contributed by atoms with Crippen LogP contribution in [0.3, 0.4) is 0 Å². The van der Waals surface area contributed by atoms with Gasteiger partial charge in [0.1, 0.15) is 10.5 Å². The van der Waals surface area contributed by atoms with E-state index in [-0.39, 0.29) is 0 Å². The van der Waals surface area contributed by atoms with Crippen molar-refractivity contribution in [2.24, 2.45) is 0 Å². The van der Waals surface area contributed by atoms with Crippen LogP contribution < -0.4 is 10.7 Å². The van der Waals surface area contributed by atoms with Crippen molar-refractivity contribution >= 4 is 51.4 Å². The Kier molecular flexibility index (Phi) is 5.69. The number of nitrogens with one attached hydrogen (secondary N) is 2. The van der Waals surface area contributed by atoms with E-state index in [4.69, 9.17) is 4.74 Å². The monoisotopic (exact) mass is 450 g/mol. The molecule has 0 bridgehead atoms. The third-order valence-electron chi connectivity index (χ3n) is 4.80. The van der Waals surface area contributed by atoms with Crippen molar-refractivity contribution in [2.45, 2.75) is 12.5 Å². The molecule has 1 fully saturated rings. The van der Waals surface area contributed by atoms with E-state index in [1.807, 2.05) is 24.3 Å². The summed E-state index contributed by atoms with van der Waals surface area (Å²) in [7, 11) is 0. The van der Waals surface area contributed by atoms with Gasteiger partial charge in [0.05, 0.1) is 10.2 Å².